The molecule has 0 aliphatic carbocycles. The molecule has 2 aliphatic heterocycles. The Kier molecular flexibility index (Phi) is 7.35. The quantitative estimate of drug-likeness (QED) is 0.405. The lowest BCUT2D eigenvalue weighted by Crippen LogP contribution is -2.33. The van der Waals surface area contributed by atoms with Gasteiger partial charge in [0.1, 0.15) is 11.6 Å². The summed E-state index contributed by atoms with van der Waals surface area (Å²) in [7, 11) is 1.71. The van der Waals surface area contributed by atoms with Crippen molar-refractivity contribution in [3.05, 3.63) is 52.0 Å². The molecule has 0 N–H and O–H groups in total. The Morgan fingerprint density at radius 3 is 2.76 bits per heavy atom. The molecular weight excluding hydrogens is 452 g/mol. The SMILES string of the molecule is COc1cccc(-n2c(SC[C@H]3CCCO3)nnc2C2CCN(Cc3ccc(C)s3)CC2)c1. The van der Waals surface area contributed by atoms with E-state index in [1.54, 1.807) is 18.9 Å². The molecule has 5 rings (SSSR count). The van der Waals surface area contributed by atoms with Crippen LogP contribution in [0, 0.1) is 6.92 Å². The number of methoxy groups -OCH3 is 1. The van der Waals surface area contributed by atoms with E-state index < -0.39 is 0 Å². The molecule has 6 nitrogen and oxygen atoms in total. The van der Waals surface area contributed by atoms with Gasteiger partial charge >= 0.3 is 0 Å². The van der Waals surface area contributed by atoms with Gasteiger partial charge in [0.15, 0.2) is 5.16 Å². The fourth-order valence-corrected chi connectivity index (χ4v) is 6.67. The summed E-state index contributed by atoms with van der Waals surface area (Å²) in [5.74, 6) is 3.25. The fraction of sp³-hybridized carbons (Fsp3) is 0.520. The molecule has 0 saturated carbocycles. The number of likely N-dealkylation sites (tertiary alicyclic amines) is 1. The Labute approximate surface area is 204 Å². The first kappa shape index (κ1) is 22.9. The Balaban J connectivity index is 1.34. The van der Waals surface area contributed by atoms with Gasteiger partial charge in [0.2, 0.25) is 0 Å². The van der Waals surface area contributed by atoms with Crippen molar-refractivity contribution >= 4 is 23.1 Å². The number of thioether (sulfide) groups is 1. The monoisotopic (exact) mass is 484 g/mol. The van der Waals surface area contributed by atoms with Crippen LogP contribution in [-0.2, 0) is 11.3 Å². The zero-order valence-electron chi connectivity index (χ0n) is 19.4. The third kappa shape index (κ3) is 5.45. The number of nitrogens with zero attached hydrogens (tertiary/aromatic N) is 4. The van der Waals surface area contributed by atoms with E-state index in [9.17, 15) is 0 Å². The van der Waals surface area contributed by atoms with Crippen molar-refractivity contribution in [3.8, 4) is 11.4 Å². The summed E-state index contributed by atoms with van der Waals surface area (Å²) in [5, 5.41) is 10.3. The first-order chi connectivity index (χ1) is 16.2. The first-order valence-electron chi connectivity index (χ1n) is 11.8. The van der Waals surface area contributed by atoms with Crippen LogP contribution in [0.15, 0.2) is 41.6 Å². The van der Waals surface area contributed by atoms with Crippen molar-refractivity contribution in [1.82, 2.24) is 19.7 Å². The van der Waals surface area contributed by atoms with Gasteiger partial charge in [-0.2, -0.15) is 0 Å². The van der Waals surface area contributed by atoms with E-state index in [4.69, 9.17) is 14.6 Å². The maximum atomic E-state index is 5.84. The van der Waals surface area contributed by atoms with Gasteiger partial charge in [-0.15, -0.1) is 21.5 Å². The van der Waals surface area contributed by atoms with Crippen LogP contribution >= 0.6 is 23.1 Å². The summed E-state index contributed by atoms with van der Waals surface area (Å²) in [6, 6.07) is 12.7. The third-order valence-electron chi connectivity index (χ3n) is 6.52. The average Bonchev–Trinajstić information content (AvgIpc) is 3.60. The van der Waals surface area contributed by atoms with Crippen molar-refractivity contribution < 1.29 is 9.47 Å². The summed E-state index contributed by atoms with van der Waals surface area (Å²) in [6.45, 7) is 6.29. The molecule has 2 aromatic heterocycles. The molecule has 4 heterocycles. The highest BCUT2D eigenvalue weighted by Gasteiger charge is 2.28. The van der Waals surface area contributed by atoms with Gasteiger partial charge in [-0.05, 0) is 70.0 Å². The minimum atomic E-state index is 0.318. The van der Waals surface area contributed by atoms with Crippen molar-refractivity contribution in [1.29, 1.82) is 0 Å². The topological polar surface area (TPSA) is 52.4 Å². The summed E-state index contributed by atoms with van der Waals surface area (Å²) in [4.78, 5) is 5.42. The van der Waals surface area contributed by atoms with Crippen molar-refractivity contribution in [3.63, 3.8) is 0 Å². The van der Waals surface area contributed by atoms with Gasteiger partial charge in [0.25, 0.3) is 0 Å². The van der Waals surface area contributed by atoms with Gasteiger partial charge in [0, 0.05) is 40.6 Å². The summed E-state index contributed by atoms with van der Waals surface area (Å²) < 4.78 is 13.6. The predicted octanol–water partition coefficient (Wildman–Crippen LogP) is 5.30. The van der Waals surface area contributed by atoms with Crippen molar-refractivity contribution in [2.75, 3.05) is 32.6 Å². The maximum Gasteiger partial charge on any atom is 0.195 e. The van der Waals surface area contributed by atoms with E-state index in [2.05, 4.69) is 45.8 Å². The number of aryl methyl sites for hydroxylation is 1. The number of rotatable bonds is 8. The minimum absolute atomic E-state index is 0.318. The van der Waals surface area contributed by atoms with E-state index in [0.29, 0.717) is 12.0 Å². The largest absolute Gasteiger partial charge is 0.497 e. The van der Waals surface area contributed by atoms with Gasteiger partial charge in [-0.1, -0.05) is 17.8 Å². The van der Waals surface area contributed by atoms with Crippen molar-refractivity contribution in [2.24, 2.45) is 0 Å². The smallest absolute Gasteiger partial charge is 0.195 e. The number of benzene rings is 1. The number of piperidine rings is 1. The molecule has 176 valence electrons. The molecule has 1 aromatic carbocycles. The van der Waals surface area contributed by atoms with E-state index in [1.165, 1.54) is 9.75 Å². The predicted molar refractivity (Wildman–Crippen MR) is 134 cm³/mol. The van der Waals surface area contributed by atoms with Crippen LogP contribution < -0.4 is 4.74 Å². The van der Waals surface area contributed by atoms with Crippen LogP contribution in [0.25, 0.3) is 5.69 Å². The molecule has 3 aromatic rings. The maximum absolute atomic E-state index is 5.84. The molecule has 0 bridgehead atoms. The van der Waals surface area contributed by atoms with Gasteiger partial charge in [0.05, 0.1) is 18.9 Å². The number of ether oxygens (including phenoxy) is 2. The second kappa shape index (κ2) is 10.6. The number of thiophene rings is 1. The molecule has 33 heavy (non-hydrogen) atoms. The lowest BCUT2D eigenvalue weighted by molar-refractivity contribution is 0.129. The molecule has 2 aliphatic rings. The zero-order chi connectivity index (χ0) is 22.6. The average molecular weight is 485 g/mol. The summed E-state index contributed by atoms with van der Waals surface area (Å²) in [6.07, 6.45) is 4.81. The Hall–Kier alpha value is -1.87. The van der Waals surface area contributed by atoms with Crippen LogP contribution in [-0.4, -0.2) is 58.3 Å². The molecule has 2 fully saturated rings. The van der Waals surface area contributed by atoms with Crippen LogP contribution in [0.2, 0.25) is 0 Å². The number of aromatic nitrogens is 3. The Morgan fingerprint density at radius 2 is 2.03 bits per heavy atom. The Bertz CT molecular complexity index is 1050. The highest BCUT2D eigenvalue weighted by Crippen LogP contribution is 2.34. The molecule has 0 spiro atoms. The summed E-state index contributed by atoms with van der Waals surface area (Å²) in [5.41, 5.74) is 1.07. The lowest BCUT2D eigenvalue weighted by atomic mass is 9.95. The zero-order valence-corrected chi connectivity index (χ0v) is 21.0. The normalized spacial score (nSPS) is 19.9. The highest BCUT2D eigenvalue weighted by molar-refractivity contribution is 7.99. The molecule has 0 amide bonds. The van der Waals surface area contributed by atoms with E-state index >= 15 is 0 Å². The minimum Gasteiger partial charge on any atom is -0.497 e. The Morgan fingerprint density at radius 1 is 1.15 bits per heavy atom. The van der Waals surface area contributed by atoms with Gasteiger partial charge in [-0.3, -0.25) is 9.47 Å². The second-order valence-corrected chi connectivity index (χ2v) is 11.2. The fourth-order valence-electron chi connectivity index (χ4n) is 4.71. The first-order valence-corrected chi connectivity index (χ1v) is 13.6. The third-order valence-corrected chi connectivity index (χ3v) is 8.57. The molecule has 8 heteroatoms. The van der Waals surface area contributed by atoms with E-state index in [1.807, 2.05) is 23.5 Å². The molecule has 1 atom stereocenters. The number of hydrogen-bond donors (Lipinski definition) is 0. The second-order valence-electron chi connectivity index (χ2n) is 8.89. The van der Waals surface area contributed by atoms with Gasteiger partial charge < -0.3 is 9.47 Å². The van der Waals surface area contributed by atoms with Crippen LogP contribution in [0.5, 0.6) is 5.75 Å². The summed E-state index contributed by atoms with van der Waals surface area (Å²) >= 11 is 3.66. The molecular formula is C25H32N4O2S2. The molecule has 0 unspecified atom stereocenters. The van der Waals surface area contributed by atoms with Gasteiger partial charge in [-0.25, -0.2) is 0 Å². The number of hydrogen-bond acceptors (Lipinski definition) is 7. The van der Waals surface area contributed by atoms with Crippen LogP contribution in [0.4, 0.5) is 0 Å². The van der Waals surface area contributed by atoms with Crippen LogP contribution in [0.3, 0.4) is 0 Å². The standard InChI is InChI=1S/C25H32N4O2S2/c1-18-8-9-23(33-18)16-28-12-10-19(11-13-28)24-26-27-25(32-17-22-7-4-14-31-22)29(24)20-5-3-6-21(15-20)30-2/h3,5-6,8-9,15,19,22H,4,7,10-14,16-17H2,1-2H3/t22-/m1/s1. The van der Waals surface area contributed by atoms with Crippen LogP contribution in [0.1, 0.15) is 47.2 Å². The lowest BCUT2D eigenvalue weighted by Gasteiger charge is -2.31. The molecule has 0 radical (unpaired) electrons. The van der Waals surface area contributed by atoms with E-state index in [-0.39, 0.29) is 0 Å². The molecule has 2 saturated heterocycles. The highest BCUT2D eigenvalue weighted by atomic mass is 32.2. The van der Waals surface area contributed by atoms with E-state index in [0.717, 1.165) is 80.1 Å². The van der Waals surface area contributed by atoms with Crippen molar-refractivity contribution in [2.45, 2.75) is 56.3 Å².